The zero-order valence-corrected chi connectivity index (χ0v) is 14.0. The van der Waals surface area contributed by atoms with Crippen molar-refractivity contribution in [3.05, 3.63) is 14.9 Å². The lowest BCUT2D eigenvalue weighted by Crippen LogP contribution is -2.27. The molecule has 0 saturated carbocycles. The Morgan fingerprint density at radius 1 is 1.56 bits per heavy atom. The number of rotatable bonds is 5. The van der Waals surface area contributed by atoms with Gasteiger partial charge in [0.15, 0.2) is 0 Å². The van der Waals surface area contributed by atoms with E-state index in [1.54, 1.807) is 7.05 Å². The fourth-order valence-corrected chi connectivity index (χ4v) is 5.08. The van der Waals surface area contributed by atoms with Gasteiger partial charge in [-0.3, -0.25) is 0 Å². The molecular formula is C8H10Br2ClNO2S2. The first-order valence-corrected chi connectivity index (χ1v) is 8.91. The van der Waals surface area contributed by atoms with Crippen molar-refractivity contribution in [3.8, 4) is 0 Å². The molecule has 0 fully saturated rings. The van der Waals surface area contributed by atoms with Crippen molar-refractivity contribution in [2.75, 3.05) is 18.9 Å². The van der Waals surface area contributed by atoms with E-state index in [0.717, 1.165) is 23.1 Å². The maximum absolute atomic E-state index is 12.0. The van der Waals surface area contributed by atoms with Crippen molar-refractivity contribution in [2.45, 2.75) is 10.6 Å². The summed E-state index contributed by atoms with van der Waals surface area (Å²) in [6, 6.07) is 1.47. The second-order valence-electron chi connectivity index (χ2n) is 3.06. The molecule has 0 aliphatic rings. The van der Waals surface area contributed by atoms with Crippen molar-refractivity contribution >= 4 is 64.8 Å². The van der Waals surface area contributed by atoms with E-state index in [2.05, 4.69) is 31.9 Å². The summed E-state index contributed by atoms with van der Waals surface area (Å²) < 4.78 is 26.3. The molecule has 1 rings (SSSR count). The van der Waals surface area contributed by atoms with Gasteiger partial charge in [-0.2, -0.15) is 0 Å². The normalized spacial score (nSPS) is 12.3. The molecule has 0 saturated heterocycles. The van der Waals surface area contributed by atoms with Gasteiger partial charge in [0, 0.05) is 18.9 Å². The van der Waals surface area contributed by atoms with E-state index in [9.17, 15) is 8.42 Å². The summed E-state index contributed by atoms with van der Waals surface area (Å²) in [5, 5.41) is 1.21. The quantitative estimate of drug-likeness (QED) is 0.695. The minimum absolute atomic E-state index is 0.265. The molecule has 0 radical (unpaired) electrons. The first kappa shape index (κ1) is 14.9. The van der Waals surface area contributed by atoms with Crippen LogP contribution >= 0.6 is 54.8 Å². The highest BCUT2D eigenvalue weighted by atomic mass is 79.9. The monoisotopic (exact) mass is 409 g/mol. The van der Waals surface area contributed by atoms with Crippen LogP contribution < -0.4 is 0 Å². The number of hydrogen-bond donors (Lipinski definition) is 0. The molecule has 1 aromatic rings. The third kappa shape index (κ3) is 3.43. The van der Waals surface area contributed by atoms with Gasteiger partial charge in [-0.25, -0.2) is 12.7 Å². The van der Waals surface area contributed by atoms with Crippen molar-refractivity contribution in [3.63, 3.8) is 0 Å². The van der Waals surface area contributed by atoms with Crippen LogP contribution in [0.3, 0.4) is 0 Å². The van der Waals surface area contributed by atoms with Crippen LogP contribution in [0.5, 0.6) is 0 Å². The van der Waals surface area contributed by atoms with Crippen LogP contribution in [0.2, 0.25) is 5.02 Å². The fraction of sp³-hybridized carbons (Fsp3) is 0.500. The molecule has 0 aliphatic heterocycles. The molecule has 3 nitrogen and oxygen atoms in total. The van der Waals surface area contributed by atoms with E-state index < -0.39 is 10.0 Å². The molecule has 0 amide bonds. The third-order valence-electron chi connectivity index (χ3n) is 1.89. The highest BCUT2D eigenvalue weighted by Crippen LogP contribution is 2.35. The molecule has 16 heavy (non-hydrogen) atoms. The Balaban J connectivity index is 2.93. The number of nitrogens with zero attached hydrogens (tertiary/aromatic N) is 1. The van der Waals surface area contributed by atoms with Crippen LogP contribution in [0, 0.1) is 0 Å². The van der Waals surface area contributed by atoms with Crippen molar-refractivity contribution < 1.29 is 8.42 Å². The molecule has 0 N–H and O–H groups in total. The Bertz CT molecular complexity index is 441. The number of sulfonamides is 1. The standard InChI is InChI=1S/C8H10Br2ClNO2S2/c1-12(4-2-3-9)16(13,14)7-5-6(11)8(10)15-7/h5H,2-4H2,1H3. The largest absolute Gasteiger partial charge is 0.252 e. The molecule has 0 spiro atoms. The number of halogens is 3. The first-order chi connectivity index (χ1) is 7.39. The lowest BCUT2D eigenvalue weighted by molar-refractivity contribution is 0.472. The van der Waals surface area contributed by atoms with Crippen LogP contribution in [0.15, 0.2) is 14.1 Å². The summed E-state index contributed by atoms with van der Waals surface area (Å²) in [6.45, 7) is 0.487. The van der Waals surface area contributed by atoms with Gasteiger partial charge in [0.1, 0.15) is 4.21 Å². The van der Waals surface area contributed by atoms with Gasteiger partial charge < -0.3 is 0 Å². The van der Waals surface area contributed by atoms with Gasteiger partial charge in [0.2, 0.25) is 0 Å². The van der Waals surface area contributed by atoms with E-state index in [1.165, 1.54) is 10.4 Å². The van der Waals surface area contributed by atoms with E-state index in [-0.39, 0.29) is 4.21 Å². The molecule has 92 valence electrons. The van der Waals surface area contributed by atoms with Crippen molar-refractivity contribution in [1.82, 2.24) is 4.31 Å². The lowest BCUT2D eigenvalue weighted by Gasteiger charge is -2.14. The van der Waals surface area contributed by atoms with Gasteiger partial charge in [0.05, 0.1) is 8.81 Å². The summed E-state index contributed by atoms with van der Waals surface area (Å²) in [4.78, 5) is 0. The zero-order chi connectivity index (χ0) is 12.3. The number of hydrogen-bond acceptors (Lipinski definition) is 3. The van der Waals surface area contributed by atoms with Gasteiger partial charge in [-0.1, -0.05) is 27.5 Å². The molecule has 0 aliphatic carbocycles. The second-order valence-corrected chi connectivity index (χ2v) is 8.90. The van der Waals surface area contributed by atoms with Crippen molar-refractivity contribution in [2.24, 2.45) is 0 Å². The molecule has 0 unspecified atom stereocenters. The summed E-state index contributed by atoms with van der Waals surface area (Å²) in [6.07, 6.45) is 0.774. The van der Waals surface area contributed by atoms with E-state index in [4.69, 9.17) is 11.6 Å². The second kappa shape index (κ2) is 6.15. The third-order valence-corrected chi connectivity index (χ3v) is 7.24. The Morgan fingerprint density at radius 2 is 2.19 bits per heavy atom. The number of thiophene rings is 1. The number of alkyl halides is 1. The maximum Gasteiger partial charge on any atom is 0.252 e. The van der Waals surface area contributed by atoms with Crippen LogP contribution in [0.1, 0.15) is 6.42 Å². The molecule has 1 heterocycles. The van der Waals surface area contributed by atoms with Gasteiger partial charge in [0.25, 0.3) is 10.0 Å². The average molecular weight is 412 g/mol. The van der Waals surface area contributed by atoms with Gasteiger partial charge in [-0.15, -0.1) is 11.3 Å². The molecular weight excluding hydrogens is 401 g/mol. The van der Waals surface area contributed by atoms with E-state index >= 15 is 0 Å². The van der Waals surface area contributed by atoms with Crippen LogP contribution in [-0.2, 0) is 10.0 Å². The summed E-state index contributed by atoms with van der Waals surface area (Å²) >= 11 is 13.4. The Labute approximate surface area is 121 Å². The Morgan fingerprint density at radius 3 is 2.62 bits per heavy atom. The fourth-order valence-electron chi connectivity index (χ4n) is 1.01. The summed E-state index contributed by atoms with van der Waals surface area (Å²) in [5.74, 6) is 0. The zero-order valence-electron chi connectivity index (χ0n) is 8.41. The summed E-state index contributed by atoms with van der Waals surface area (Å²) in [7, 11) is -1.83. The van der Waals surface area contributed by atoms with E-state index in [1.807, 2.05) is 0 Å². The Kier molecular flexibility index (Phi) is 5.74. The predicted octanol–water partition coefficient (Wildman–Crippen LogP) is 3.57. The van der Waals surface area contributed by atoms with Crippen LogP contribution in [0.25, 0.3) is 0 Å². The average Bonchev–Trinajstić information content (AvgIpc) is 2.56. The molecule has 0 aromatic carbocycles. The first-order valence-electron chi connectivity index (χ1n) is 4.36. The highest BCUT2D eigenvalue weighted by Gasteiger charge is 2.23. The molecule has 1 aromatic heterocycles. The van der Waals surface area contributed by atoms with Crippen LogP contribution in [0.4, 0.5) is 0 Å². The topological polar surface area (TPSA) is 37.4 Å². The molecule has 0 atom stereocenters. The predicted molar refractivity (Wildman–Crippen MR) is 75.3 cm³/mol. The lowest BCUT2D eigenvalue weighted by atomic mass is 10.5. The van der Waals surface area contributed by atoms with Gasteiger partial charge in [-0.05, 0) is 28.4 Å². The van der Waals surface area contributed by atoms with Gasteiger partial charge >= 0.3 is 0 Å². The van der Waals surface area contributed by atoms with Crippen molar-refractivity contribution in [1.29, 1.82) is 0 Å². The minimum atomic E-state index is -3.40. The summed E-state index contributed by atoms with van der Waals surface area (Å²) in [5.41, 5.74) is 0. The maximum atomic E-state index is 12.0. The van der Waals surface area contributed by atoms with E-state index in [0.29, 0.717) is 15.4 Å². The molecule has 0 bridgehead atoms. The SMILES string of the molecule is CN(CCCBr)S(=O)(=O)c1cc(Cl)c(Br)s1. The minimum Gasteiger partial charge on any atom is -0.206 e. The highest BCUT2D eigenvalue weighted by molar-refractivity contribution is 9.11. The Hall–Kier alpha value is 0.860. The molecule has 8 heteroatoms. The van der Waals surface area contributed by atoms with Crippen LogP contribution in [-0.4, -0.2) is 31.6 Å². The smallest absolute Gasteiger partial charge is 0.206 e.